The SMILES string of the molecule is CCC(CNC(=O)N(C)CC)C(=O)O. The summed E-state index contributed by atoms with van der Waals surface area (Å²) < 4.78 is 0. The lowest BCUT2D eigenvalue weighted by Crippen LogP contribution is -2.40. The second-order valence-electron chi connectivity index (χ2n) is 3.14. The Morgan fingerprint density at radius 2 is 2.00 bits per heavy atom. The summed E-state index contributed by atoms with van der Waals surface area (Å²) in [5.41, 5.74) is 0. The molecule has 0 saturated carbocycles. The third-order valence-corrected chi connectivity index (χ3v) is 2.16. The predicted octanol–water partition coefficient (Wildman–Crippen LogP) is 0.758. The van der Waals surface area contributed by atoms with Gasteiger partial charge in [0.05, 0.1) is 5.92 Å². The number of carboxylic acid groups (broad SMARTS) is 1. The summed E-state index contributed by atoms with van der Waals surface area (Å²) in [5.74, 6) is -1.36. The Balaban J connectivity index is 3.91. The van der Waals surface area contributed by atoms with Crippen LogP contribution in [0.3, 0.4) is 0 Å². The van der Waals surface area contributed by atoms with Crippen molar-refractivity contribution in [1.82, 2.24) is 10.2 Å². The Bertz CT molecular complexity index is 206. The minimum Gasteiger partial charge on any atom is -0.481 e. The van der Waals surface area contributed by atoms with E-state index in [1.807, 2.05) is 6.92 Å². The number of carboxylic acids is 1. The first-order valence-corrected chi connectivity index (χ1v) is 4.74. The molecule has 1 atom stereocenters. The summed E-state index contributed by atoms with van der Waals surface area (Å²) in [6, 6.07) is -0.229. The molecular formula is C9H18N2O3. The summed E-state index contributed by atoms with van der Waals surface area (Å²) in [7, 11) is 1.66. The predicted molar refractivity (Wildman–Crippen MR) is 53.1 cm³/mol. The Labute approximate surface area is 84.1 Å². The van der Waals surface area contributed by atoms with Crippen molar-refractivity contribution in [3.05, 3.63) is 0 Å². The summed E-state index contributed by atoms with van der Waals surface area (Å²) in [6.45, 7) is 4.44. The highest BCUT2D eigenvalue weighted by atomic mass is 16.4. The van der Waals surface area contributed by atoms with Crippen LogP contribution < -0.4 is 5.32 Å². The Morgan fingerprint density at radius 3 is 2.36 bits per heavy atom. The molecule has 82 valence electrons. The van der Waals surface area contributed by atoms with Crippen molar-refractivity contribution in [3.63, 3.8) is 0 Å². The van der Waals surface area contributed by atoms with Crippen LogP contribution >= 0.6 is 0 Å². The first-order chi connectivity index (χ1) is 6.52. The molecule has 0 radical (unpaired) electrons. The molecule has 1 unspecified atom stereocenters. The van der Waals surface area contributed by atoms with E-state index in [2.05, 4.69) is 5.32 Å². The first kappa shape index (κ1) is 12.7. The summed E-state index contributed by atoms with van der Waals surface area (Å²) >= 11 is 0. The van der Waals surface area contributed by atoms with Gasteiger partial charge in [0.25, 0.3) is 0 Å². The van der Waals surface area contributed by atoms with Crippen LogP contribution in [0, 0.1) is 5.92 Å². The van der Waals surface area contributed by atoms with E-state index in [-0.39, 0.29) is 12.6 Å². The van der Waals surface area contributed by atoms with Crippen molar-refractivity contribution < 1.29 is 14.7 Å². The number of hydrogen-bond acceptors (Lipinski definition) is 2. The van der Waals surface area contributed by atoms with Crippen LogP contribution in [0.25, 0.3) is 0 Å². The maximum atomic E-state index is 11.2. The van der Waals surface area contributed by atoms with Gasteiger partial charge in [0, 0.05) is 20.1 Å². The molecule has 0 fully saturated rings. The van der Waals surface area contributed by atoms with E-state index in [1.165, 1.54) is 4.90 Å². The molecular weight excluding hydrogens is 184 g/mol. The first-order valence-electron chi connectivity index (χ1n) is 4.74. The van der Waals surface area contributed by atoms with E-state index < -0.39 is 11.9 Å². The van der Waals surface area contributed by atoms with Crippen molar-refractivity contribution in [2.75, 3.05) is 20.1 Å². The van der Waals surface area contributed by atoms with Crippen LogP contribution in [0.1, 0.15) is 20.3 Å². The van der Waals surface area contributed by atoms with Crippen LogP contribution in [0.2, 0.25) is 0 Å². The van der Waals surface area contributed by atoms with E-state index in [1.54, 1.807) is 14.0 Å². The van der Waals surface area contributed by atoms with Crippen LogP contribution in [0.5, 0.6) is 0 Å². The zero-order chi connectivity index (χ0) is 11.1. The van der Waals surface area contributed by atoms with Gasteiger partial charge in [-0.2, -0.15) is 0 Å². The molecule has 0 aliphatic rings. The minimum absolute atomic E-state index is 0.189. The van der Waals surface area contributed by atoms with Crippen molar-refractivity contribution in [3.8, 4) is 0 Å². The maximum Gasteiger partial charge on any atom is 0.317 e. The molecule has 0 aliphatic carbocycles. The molecule has 0 bridgehead atoms. The number of carbonyl (C=O) groups excluding carboxylic acids is 1. The van der Waals surface area contributed by atoms with E-state index in [9.17, 15) is 9.59 Å². The third-order valence-electron chi connectivity index (χ3n) is 2.16. The fraction of sp³-hybridized carbons (Fsp3) is 0.778. The smallest absolute Gasteiger partial charge is 0.317 e. The van der Waals surface area contributed by atoms with Crippen LogP contribution in [0.15, 0.2) is 0 Å². The molecule has 0 aliphatic heterocycles. The second kappa shape index (κ2) is 6.23. The van der Waals surface area contributed by atoms with Crippen LogP contribution in [0.4, 0.5) is 4.79 Å². The molecule has 0 aromatic carbocycles. The molecule has 0 saturated heterocycles. The third kappa shape index (κ3) is 4.11. The molecule has 0 heterocycles. The summed E-state index contributed by atoms with van der Waals surface area (Å²) in [6.07, 6.45) is 0.519. The average Bonchev–Trinajstić information content (AvgIpc) is 2.16. The molecule has 0 rings (SSSR count). The van der Waals surface area contributed by atoms with E-state index in [0.717, 1.165) is 0 Å². The van der Waals surface area contributed by atoms with Crippen molar-refractivity contribution in [2.45, 2.75) is 20.3 Å². The molecule has 0 spiro atoms. The lowest BCUT2D eigenvalue weighted by atomic mass is 10.1. The quantitative estimate of drug-likeness (QED) is 0.691. The highest BCUT2D eigenvalue weighted by molar-refractivity contribution is 5.75. The molecule has 2 N–H and O–H groups in total. The minimum atomic E-state index is -0.869. The normalized spacial score (nSPS) is 11.9. The van der Waals surface area contributed by atoms with Crippen molar-refractivity contribution in [1.29, 1.82) is 0 Å². The van der Waals surface area contributed by atoms with Gasteiger partial charge < -0.3 is 15.3 Å². The van der Waals surface area contributed by atoms with Gasteiger partial charge in [-0.15, -0.1) is 0 Å². The lowest BCUT2D eigenvalue weighted by Gasteiger charge is -2.17. The number of amides is 2. The van der Waals surface area contributed by atoms with Gasteiger partial charge in [0.2, 0.25) is 0 Å². The number of nitrogens with one attached hydrogen (secondary N) is 1. The largest absolute Gasteiger partial charge is 0.481 e. The van der Waals surface area contributed by atoms with Crippen molar-refractivity contribution in [2.24, 2.45) is 5.92 Å². The maximum absolute atomic E-state index is 11.2. The van der Waals surface area contributed by atoms with Gasteiger partial charge >= 0.3 is 12.0 Å². The monoisotopic (exact) mass is 202 g/mol. The molecule has 2 amide bonds. The Hall–Kier alpha value is -1.26. The molecule has 5 nitrogen and oxygen atoms in total. The Kier molecular flexibility index (Phi) is 5.67. The lowest BCUT2D eigenvalue weighted by molar-refractivity contribution is -0.141. The fourth-order valence-corrected chi connectivity index (χ4v) is 0.895. The highest BCUT2D eigenvalue weighted by Crippen LogP contribution is 2.00. The average molecular weight is 202 g/mol. The molecule has 14 heavy (non-hydrogen) atoms. The number of hydrogen-bond donors (Lipinski definition) is 2. The van der Waals surface area contributed by atoms with Crippen LogP contribution in [-0.4, -0.2) is 42.1 Å². The molecule has 5 heteroatoms. The summed E-state index contributed by atoms with van der Waals surface area (Å²) in [5, 5.41) is 11.3. The van der Waals surface area contributed by atoms with Crippen molar-refractivity contribution >= 4 is 12.0 Å². The fourth-order valence-electron chi connectivity index (χ4n) is 0.895. The number of nitrogens with zero attached hydrogens (tertiary/aromatic N) is 1. The van der Waals surface area contributed by atoms with E-state index in [4.69, 9.17) is 5.11 Å². The standard InChI is InChI=1S/C9H18N2O3/c1-4-7(8(12)13)6-10-9(14)11(3)5-2/h7H,4-6H2,1-3H3,(H,10,14)(H,12,13). The highest BCUT2D eigenvalue weighted by Gasteiger charge is 2.16. The zero-order valence-electron chi connectivity index (χ0n) is 8.91. The summed E-state index contributed by atoms with van der Waals surface area (Å²) in [4.78, 5) is 23.4. The van der Waals surface area contributed by atoms with Gasteiger partial charge in [-0.3, -0.25) is 4.79 Å². The Morgan fingerprint density at radius 1 is 1.43 bits per heavy atom. The van der Waals surface area contributed by atoms with Gasteiger partial charge in [-0.25, -0.2) is 4.79 Å². The van der Waals surface area contributed by atoms with E-state index >= 15 is 0 Å². The van der Waals surface area contributed by atoms with Gasteiger partial charge in [-0.05, 0) is 13.3 Å². The van der Waals surface area contributed by atoms with E-state index in [0.29, 0.717) is 13.0 Å². The molecule has 0 aromatic heterocycles. The number of carbonyl (C=O) groups is 2. The number of urea groups is 1. The van der Waals surface area contributed by atoms with Gasteiger partial charge in [0.15, 0.2) is 0 Å². The van der Waals surface area contributed by atoms with Crippen LogP contribution in [-0.2, 0) is 4.79 Å². The number of rotatable bonds is 5. The second-order valence-corrected chi connectivity index (χ2v) is 3.14. The molecule has 0 aromatic rings. The number of aliphatic carboxylic acids is 1. The van der Waals surface area contributed by atoms with Gasteiger partial charge in [-0.1, -0.05) is 6.92 Å². The topological polar surface area (TPSA) is 69.6 Å². The zero-order valence-corrected chi connectivity index (χ0v) is 8.91. The van der Waals surface area contributed by atoms with Gasteiger partial charge in [0.1, 0.15) is 0 Å².